The van der Waals surface area contributed by atoms with Gasteiger partial charge in [0, 0.05) is 26.2 Å². The maximum atomic E-state index is 2.42. The Morgan fingerprint density at radius 3 is 1.84 bits per heavy atom. The van der Waals surface area contributed by atoms with E-state index >= 15 is 0 Å². The van der Waals surface area contributed by atoms with Crippen LogP contribution in [0.2, 0.25) is 0 Å². The minimum Gasteiger partial charge on any atom is -0.305 e. The van der Waals surface area contributed by atoms with E-state index in [0.717, 1.165) is 32.6 Å². The first-order valence-electron chi connectivity index (χ1n) is 13.2. The van der Waals surface area contributed by atoms with Crippen LogP contribution in [-0.4, -0.2) is 49.9 Å². The molecule has 0 N–H and O–H groups in total. The van der Waals surface area contributed by atoms with Crippen molar-refractivity contribution in [2.24, 2.45) is 0 Å². The van der Waals surface area contributed by atoms with E-state index in [4.69, 9.17) is 0 Å². The third kappa shape index (κ3) is 6.19. The van der Waals surface area contributed by atoms with E-state index in [1.54, 1.807) is 0 Å². The highest BCUT2D eigenvalue weighted by atomic mass is 15.1. The van der Waals surface area contributed by atoms with Gasteiger partial charge in [0.2, 0.25) is 0 Å². The van der Waals surface area contributed by atoms with E-state index in [-0.39, 0.29) is 0 Å². The van der Waals surface area contributed by atoms with Gasteiger partial charge < -0.3 is 9.80 Å². The van der Waals surface area contributed by atoms with E-state index in [9.17, 15) is 0 Å². The molecule has 0 amide bonds. The van der Waals surface area contributed by atoms with Crippen LogP contribution >= 0.6 is 0 Å². The average Bonchev–Trinajstić information content (AvgIpc) is 3.21. The van der Waals surface area contributed by atoms with Gasteiger partial charge in [-0.3, -0.25) is 4.90 Å². The lowest BCUT2D eigenvalue weighted by atomic mass is 10.0. The molecule has 0 atom stereocenters. The molecule has 0 spiro atoms. The number of nitrogens with zero attached hydrogens (tertiary/aromatic N) is 3. The van der Waals surface area contributed by atoms with E-state index < -0.39 is 0 Å². The van der Waals surface area contributed by atoms with Gasteiger partial charge in [-0.25, -0.2) is 0 Å². The molecule has 0 heterocycles. The van der Waals surface area contributed by atoms with Crippen molar-refractivity contribution in [2.45, 2.75) is 32.6 Å². The Morgan fingerprint density at radius 2 is 1.11 bits per heavy atom. The lowest BCUT2D eigenvalue weighted by molar-refractivity contribution is 0.319. The lowest BCUT2D eigenvalue weighted by Crippen LogP contribution is -2.17. The number of fused-ring (bicyclic) bond motifs is 3. The van der Waals surface area contributed by atoms with Crippen LogP contribution in [0.4, 0.5) is 0 Å². The van der Waals surface area contributed by atoms with Crippen molar-refractivity contribution >= 4 is 0 Å². The summed E-state index contributed by atoms with van der Waals surface area (Å²) in [4.78, 5) is 6.85. The topological polar surface area (TPSA) is 9.72 Å². The quantitative estimate of drug-likeness (QED) is 0.229. The summed E-state index contributed by atoms with van der Waals surface area (Å²) in [7, 11) is 10.7. The van der Waals surface area contributed by atoms with Crippen molar-refractivity contribution < 1.29 is 0 Å². The predicted molar refractivity (Wildman–Crippen MR) is 157 cm³/mol. The summed E-state index contributed by atoms with van der Waals surface area (Å²) in [5.41, 5.74) is 13.8. The third-order valence-corrected chi connectivity index (χ3v) is 7.13. The van der Waals surface area contributed by atoms with Gasteiger partial charge in [0.15, 0.2) is 0 Å². The van der Waals surface area contributed by atoms with Crippen LogP contribution in [0.3, 0.4) is 0 Å². The molecular formula is C34H39N3. The molecular weight excluding hydrogens is 450 g/mol. The van der Waals surface area contributed by atoms with E-state index in [0.29, 0.717) is 0 Å². The standard InChI is InChI=1S/C34H39N3/c1-35(2)21-26-7-6-8-30(17-26)29-13-9-25(10-14-29)23-37(5)24-27-12-16-33-32(18-27)20-31-15-11-28(19-34(31)33)22-36(3)4/h6-19H,20-24H2,1-5H3. The maximum Gasteiger partial charge on any atom is 0.0234 e. The monoisotopic (exact) mass is 489 g/mol. The van der Waals surface area contributed by atoms with Crippen LogP contribution in [0, 0.1) is 0 Å². The first-order valence-corrected chi connectivity index (χ1v) is 13.2. The Hall–Kier alpha value is -3.24. The van der Waals surface area contributed by atoms with Crippen molar-refractivity contribution in [1.82, 2.24) is 14.7 Å². The molecule has 1 aliphatic carbocycles. The van der Waals surface area contributed by atoms with Gasteiger partial charge in [-0.15, -0.1) is 0 Å². The van der Waals surface area contributed by atoms with E-state index in [1.165, 1.54) is 55.6 Å². The Balaban J connectivity index is 1.22. The van der Waals surface area contributed by atoms with Crippen LogP contribution in [0.1, 0.15) is 33.4 Å². The molecule has 5 rings (SSSR count). The predicted octanol–water partition coefficient (Wildman–Crippen LogP) is 6.68. The van der Waals surface area contributed by atoms with Crippen LogP contribution < -0.4 is 0 Å². The minimum atomic E-state index is 0.937. The zero-order valence-corrected chi connectivity index (χ0v) is 23.0. The molecule has 0 radical (unpaired) electrons. The molecule has 3 nitrogen and oxygen atoms in total. The molecule has 0 bridgehead atoms. The Labute approximate surface area is 223 Å². The summed E-state index contributed by atoms with van der Waals surface area (Å²) in [6.07, 6.45) is 1.04. The summed E-state index contributed by atoms with van der Waals surface area (Å²) >= 11 is 0. The van der Waals surface area contributed by atoms with Crippen molar-refractivity contribution in [1.29, 1.82) is 0 Å². The van der Waals surface area contributed by atoms with Gasteiger partial charge in [-0.1, -0.05) is 72.8 Å². The summed E-state index contributed by atoms with van der Waals surface area (Å²) in [6, 6.07) is 32.0. The molecule has 0 saturated heterocycles. The number of benzene rings is 4. The van der Waals surface area contributed by atoms with Crippen LogP contribution in [0.15, 0.2) is 84.9 Å². The smallest absolute Gasteiger partial charge is 0.0234 e. The van der Waals surface area contributed by atoms with Crippen molar-refractivity contribution in [2.75, 3.05) is 35.2 Å². The lowest BCUT2D eigenvalue weighted by Gasteiger charge is -2.18. The highest BCUT2D eigenvalue weighted by Crippen LogP contribution is 2.38. The minimum absolute atomic E-state index is 0.937. The normalized spacial score (nSPS) is 12.4. The summed E-state index contributed by atoms with van der Waals surface area (Å²) < 4.78 is 0. The number of hydrogen-bond donors (Lipinski definition) is 0. The number of rotatable bonds is 9. The first kappa shape index (κ1) is 25.4. The first-order chi connectivity index (χ1) is 17.8. The largest absolute Gasteiger partial charge is 0.305 e. The van der Waals surface area contributed by atoms with Gasteiger partial charge in [0.25, 0.3) is 0 Å². The van der Waals surface area contributed by atoms with Gasteiger partial charge in [0.1, 0.15) is 0 Å². The molecule has 4 aromatic carbocycles. The zero-order chi connectivity index (χ0) is 25.9. The molecule has 3 heteroatoms. The molecule has 37 heavy (non-hydrogen) atoms. The summed E-state index contributed by atoms with van der Waals surface area (Å²) in [5, 5.41) is 0. The molecule has 0 fully saturated rings. The fraction of sp³-hybridized carbons (Fsp3) is 0.294. The van der Waals surface area contributed by atoms with Crippen molar-refractivity contribution in [3.8, 4) is 22.3 Å². The Morgan fingerprint density at radius 1 is 0.486 bits per heavy atom. The van der Waals surface area contributed by atoms with Gasteiger partial charge in [0.05, 0.1) is 0 Å². The average molecular weight is 490 g/mol. The second kappa shape index (κ2) is 11.0. The second-order valence-corrected chi connectivity index (χ2v) is 11.2. The summed E-state index contributed by atoms with van der Waals surface area (Å²) in [5.74, 6) is 0. The maximum absolute atomic E-state index is 2.42. The fourth-order valence-electron chi connectivity index (χ4n) is 5.55. The molecule has 0 unspecified atom stereocenters. The fourth-order valence-corrected chi connectivity index (χ4v) is 5.55. The van der Waals surface area contributed by atoms with Crippen LogP contribution in [0.25, 0.3) is 22.3 Å². The SMILES string of the molecule is CN(C)Cc1cccc(-c2ccc(CN(C)Cc3ccc4c(c3)Cc3ccc(CN(C)C)cc3-4)cc2)c1. The highest BCUT2D eigenvalue weighted by Gasteiger charge is 2.19. The molecule has 0 aromatic heterocycles. The Bertz CT molecular complexity index is 1370. The third-order valence-electron chi connectivity index (χ3n) is 7.13. The molecule has 4 aromatic rings. The van der Waals surface area contributed by atoms with E-state index in [1.807, 2.05) is 0 Å². The van der Waals surface area contributed by atoms with Crippen molar-refractivity contribution in [3.63, 3.8) is 0 Å². The van der Waals surface area contributed by atoms with Gasteiger partial charge in [-0.2, -0.15) is 0 Å². The number of hydrogen-bond acceptors (Lipinski definition) is 3. The van der Waals surface area contributed by atoms with Gasteiger partial charge >= 0.3 is 0 Å². The molecule has 0 aliphatic heterocycles. The van der Waals surface area contributed by atoms with Crippen molar-refractivity contribution in [3.05, 3.63) is 118 Å². The van der Waals surface area contributed by atoms with Gasteiger partial charge in [-0.05, 0) is 109 Å². The Kier molecular flexibility index (Phi) is 7.57. The van der Waals surface area contributed by atoms with E-state index in [2.05, 4.69) is 135 Å². The van der Waals surface area contributed by atoms with Crippen LogP contribution in [-0.2, 0) is 32.6 Å². The highest BCUT2D eigenvalue weighted by molar-refractivity contribution is 5.77. The molecule has 1 aliphatic rings. The van der Waals surface area contributed by atoms with Crippen LogP contribution in [0.5, 0.6) is 0 Å². The molecule has 0 saturated carbocycles. The molecule has 190 valence electrons. The summed E-state index contributed by atoms with van der Waals surface area (Å²) in [6.45, 7) is 3.83. The zero-order valence-electron chi connectivity index (χ0n) is 23.0. The second-order valence-electron chi connectivity index (χ2n) is 11.2.